The van der Waals surface area contributed by atoms with Crippen molar-refractivity contribution in [1.29, 1.82) is 0 Å². The highest BCUT2D eigenvalue weighted by Crippen LogP contribution is 2.46. The number of rotatable bonds is 3. The summed E-state index contributed by atoms with van der Waals surface area (Å²) in [5, 5.41) is 1.86. The molecule has 0 N–H and O–H groups in total. The molecule has 0 saturated heterocycles. The summed E-state index contributed by atoms with van der Waals surface area (Å²) in [6, 6.07) is 17.5. The molecule has 4 heteroatoms. The van der Waals surface area contributed by atoms with Crippen molar-refractivity contribution in [3.8, 4) is 0 Å². The molecule has 142 valence electrons. The quantitative estimate of drug-likeness (QED) is 0.481. The van der Waals surface area contributed by atoms with Crippen LogP contribution in [0.4, 0.5) is 5.69 Å². The molecule has 0 fully saturated rings. The number of fused-ring (bicyclic) bond motifs is 2. The number of hydrogen-bond acceptors (Lipinski definition) is 3. The van der Waals surface area contributed by atoms with Crippen molar-refractivity contribution in [3.05, 3.63) is 70.3 Å². The third-order valence-corrected chi connectivity index (χ3v) is 8.66. The van der Waals surface area contributed by atoms with Crippen LogP contribution in [0.15, 0.2) is 70.1 Å². The van der Waals surface area contributed by atoms with Crippen molar-refractivity contribution in [2.24, 2.45) is 7.05 Å². The highest BCUT2D eigenvalue weighted by molar-refractivity contribution is 8.00. The van der Waals surface area contributed by atoms with Crippen LogP contribution in [0.3, 0.4) is 0 Å². The molecule has 1 unspecified atom stereocenters. The molecular weight excluding hydrogens is 380 g/mol. The van der Waals surface area contributed by atoms with Crippen LogP contribution in [-0.2, 0) is 7.05 Å². The lowest BCUT2D eigenvalue weighted by Crippen LogP contribution is -2.28. The van der Waals surface area contributed by atoms with Gasteiger partial charge in [-0.2, -0.15) is 4.57 Å². The van der Waals surface area contributed by atoms with Gasteiger partial charge in [-0.1, -0.05) is 52.9 Å². The number of nitrogens with zero attached hydrogens (tertiary/aromatic N) is 2. The van der Waals surface area contributed by atoms with E-state index >= 15 is 0 Å². The first-order chi connectivity index (χ1) is 13.6. The number of aryl methyl sites for hydroxylation is 1. The van der Waals surface area contributed by atoms with Gasteiger partial charge in [0.05, 0.1) is 11.1 Å². The zero-order valence-electron chi connectivity index (χ0n) is 16.6. The van der Waals surface area contributed by atoms with E-state index < -0.39 is 0 Å². The maximum absolute atomic E-state index is 2.45. The van der Waals surface area contributed by atoms with E-state index in [1.54, 1.807) is 5.57 Å². The average Bonchev–Trinajstić information content (AvgIpc) is 3.33. The lowest BCUT2D eigenvalue weighted by Gasteiger charge is -2.22. The molecule has 1 aromatic heterocycles. The van der Waals surface area contributed by atoms with Crippen molar-refractivity contribution in [2.75, 3.05) is 11.9 Å². The molecule has 3 aromatic rings. The first-order valence-electron chi connectivity index (χ1n) is 9.87. The van der Waals surface area contributed by atoms with E-state index in [4.69, 9.17) is 0 Å². The van der Waals surface area contributed by atoms with E-state index in [1.807, 2.05) is 23.1 Å². The Morgan fingerprint density at radius 2 is 1.89 bits per heavy atom. The summed E-state index contributed by atoms with van der Waals surface area (Å²) in [6.45, 7) is 2.33. The van der Waals surface area contributed by atoms with Gasteiger partial charge in [0, 0.05) is 24.1 Å². The number of allylic oxidation sites excluding steroid dienone is 2. The van der Waals surface area contributed by atoms with Crippen LogP contribution in [0.5, 0.6) is 0 Å². The minimum atomic E-state index is 0.516. The van der Waals surface area contributed by atoms with Crippen LogP contribution in [0.25, 0.3) is 16.3 Å². The Kier molecular flexibility index (Phi) is 4.56. The molecular formula is C24H25N2S2+. The van der Waals surface area contributed by atoms with Gasteiger partial charge in [-0.15, -0.1) is 0 Å². The Balaban J connectivity index is 1.40. The van der Waals surface area contributed by atoms with E-state index in [-0.39, 0.29) is 0 Å². The minimum Gasteiger partial charge on any atom is -0.361 e. The predicted octanol–water partition coefficient (Wildman–Crippen LogP) is 6.18. The van der Waals surface area contributed by atoms with Gasteiger partial charge in [-0.25, -0.2) is 0 Å². The molecule has 2 aliphatic rings. The second-order valence-corrected chi connectivity index (χ2v) is 10.0. The fraction of sp³-hybridized carbons (Fsp3) is 0.292. The Bertz CT molecular complexity index is 1120. The van der Waals surface area contributed by atoms with Crippen LogP contribution in [-0.4, -0.2) is 12.4 Å². The second-order valence-electron chi connectivity index (χ2n) is 7.72. The summed E-state index contributed by atoms with van der Waals surface area (Å²) < 4.78 is 3.69. The Morgan fingerprint density at radius 1 is 1.11 bits per heavy atom. The standard InChI is InChI=1S/C24H25N2S2/c1-16-17(14-23-25(2)19-8-4-6-10-21(19)27-23)12-13-18(16)15-24-26(3)20-9-5-7-11-22(20)28-24/h4-11,14,24H,12-13,15H2,1-3H3/q+1/b17-14+. The minimum absolute atomic E-state index is 0.516. The van der Waals surface area contributed by atoms with Crippen molar-refractivity contribution >= 4 is 45.1 Å². The monoisotopic (exact) mass is 405 g/mol. The first kappa shape index (κ1) is 18.0. The number of hydrogen-bond donors (Lipinski definition) is 0. The molecule has 0 amide bonds. The molecule has 0 bridgehead atoms. The Labute approximate surface area is 175 Å². The van der Waals surface area contributed by atoms with Crippen molar-refractivity contribution in [2.45, 2.75) is 36.5 Å². The molecule has 1 atom stereocenters. The van der Waals surface area contributed by atoms with E-state index in [1.165, 1.54) is 49.8 Å². The first-order valence-corrected chi connectivity index (χ1v) is 11.6. The van der Waals surface area contributed by atoms with Crippen LogP contribution in [0, 0.1) is 0 Å². The van der Waals surface area contributed by atoms with E-state index in [9.17, 15) is 0 Å². The molecule has 28 heavy (non-hydrogen) atoms. The van der Waals surface area contributed by atoms with Gasteiger partial charge in [0.15, 0.2) is 0 Å². The molecule has 0 spiro atoms. The Morgan fingerprint density at radius 3 is 2.71 bits per heavy atom. The topological polar surface area (TPSA) is 7.12 Å². The van der Waals surface area contributed by atoms with Gasteiger partial charge < -0.3 is 4.90 Å². The number of thiazole rings is 1. The third-order valence-electron chi connectivity index (χ3n) is 6.14. The molecule has 2 nitrogen and oxygen atoms in total. The lowest BCUT2D eigenvalue weighted by molar-refractivity contribution is -0.642. The lowest BCUT2D eigenvalue weighted by atomic mass is 10.1. The van der Waals surface area contributed by atoms with Crippen molar-refractivity contribution < 1.29 is 4.57 Å². The van der Waals surface area contributed by atoms with E-state index in [0.29, 0.717) is 5.37 Å². The number of para-hydroxylation sites is 2. The molecule has 2 heterocycles. The fourth-order valence-corrected chi connectivity index (χ4v) is 6.79. The number of aromatic nitrogens is 1. The molecule has 1 aliphatic carbocycles. The fourth-order valence-electron chi connectivity index (χ4n) is 4.34. The highest BCUT2D eigenvalue weighted by atomic mass is 32.2. The average molecular weight is 406 g/mol. The maximum atomic E-state index is 2.45. The van der Waals surface area contributed by atoms with Gasteiger partial charge in [0.1, 0.15) is 11.7 Å². The summed E-state index contributed by atoms with van der Waals surface area (Å²) in [7, 11) is 4.42. The smallest absolute Gasteiger partial charge is 0.262 e. The summed E-state index contributed by atoms with van der Waals surface area (Å²) in [5.41, 5.74) is 7.36. The molecule has 1 aliphatic heterocycles. The number of anilines is 1. The number of thioether (sulfide) groups is 1. The van der Waals surface area contributed by atoms with Crippen LogP contribution < -0.4 is 9.47 Å². The van der Waals surface area contributed by atoms with Gasteiger partial charge in [-0.05, 0) is 55.5 Å². The zero-order chi connectivity index (χ0) is 19.3. The number of benzene rings is 2. The third kappa shape index (κ3) is 2.99. The SMILES string of the molecule is CC1=C(CC2Sc3ccccc3N2C)CC/C1=C\c1sc2ccccc2[n+]1C. The van der Waals surface area contributed by atoms with Crippen molar-refractivity contribution in [3.63, 3.8) is 0 Å². The predicted molar refractivity (Wildman–Crippen MR) is 122 cm³/mol. The summed E-state index contributed by atoms with van der Waals surface area (Å²) in [5.74, 6) is 0. The van der Waals surface area contributed by atoms with E-state index in [2.05, 4.69) is 85.1 Å². The van der Waals surface area contributed by atoms with Gasteiger partial charge >= 0.3 is 0 Å². The molecule has 0 radical (unpaired) electrons. The van der Waals surface area contributed by atoms with Crippen LogP contribution in [0.1, 0.15) is 31.2 Å². The molecule has 0 saturated carbocycles. The van der Waals surface area contributed by atoms with Gasteiger partial charge in [-0.3, -0.25) is 0 Å². The van der Waals surface area contributed by atoms with E-state index in [0.717, 1.165) is 6.42 Å². The van der Waals surface area contributed by atoms with Crippen molar-refractivity contribution in [1.82, 2.24) is 0 Å². The highest BCUT2D eigenvalue weighted by Gasteiger charge is 2.29. The summed E-state index contributed by atoms with van der Waals surface area (Å²) in [4.78, 5) is 3.87. The Hall–Kier alpha value is -2.04. The van der Waals surface area contributed by atoms with Gasteiger partial charge in [0.25, 0.3) is 5.01 Å². The largest absolute Gasteiger partial charge is 0.361 e. The van der Waals surface area contributed by atoms with Gasteiger partial charge in [0.2, 0.25) is 5.52 Å². The summed E-state index contributed by atoms with van der Waals surface area (Å²) >= 11 is 3.90. The summed E-state index contributed by atoms with van der Waals surface area (Å²) in [6.07, 6.45) is 5.95. The zero-order valence-corrected chi connectivity index (χ0v) is 18.2. The van der Waals surface area contributed by atoms with Crippen LogP contribution >= 0.6 is 23.1 Å². The van der Waals surface area contributed by atoms with Crippen LogP contribution in [0.2, 0.25) is 0 Å². The maximum Gasteiger partial charge on any atom is 0.262 e. The molecule has 5 rings (SSSR count). The molecule has 2 aromatic carbocycles. The second kappa shape index (κ2) is 7.09. The normalized spacial score (nSPS) is 20.6.